The molecule has 1 aromatic carbocycles. The summed E-state index contributed by atoms with van der Waals surface area (Å²) in [4.78, 5) is 0. The molecule has 0 bridgehead atoms. The van der Waals surface area contributed by atoms with E-state index in [1.807, 2.05) is 32.0 Å². The van der Waals surface area contributed by atoms with Crippen molar-refractivity contribution in [3.8, 4) is 11.5 Å². The molecule has 1 heterocycles. The highest BCUT2D eigenvalue weighted by molar-refractivity contribution is 5.60. The number of fused-ring (bicyclic) bond motifs is 1. The number of rotatable bonds is 2. The van der Waals surface area contributed by atoms with Crippen LogP contribution < -0.4 is 14.8 Å². The van der Waals surface area contributed by atoms with Gasteiger partial charge >= 0.3 is 0 Å². The zero-order valence-electron chi connectivity index (χ0n) is 8.54. The maximum Gasteiger partial charge on any atom is 0.142 e. The smallest absolute Gasteiger partial charge is 0.142 e. The molecule has 0 spiro atoms. The van der Waals surface area contributed by atoms with Crippen molar-refractivity contribution in [2.75, 3.05) is 18.5 Å². The number of ether oxygens (including phenoxy) is 2. The number of hydrogen-bond acceptors (Lipinski definition) is 3. The average molecular weight is 193 g/mol. The van der Waals surface area contributed by atoms with E-state index in [4.69, 9.17) is 9.47 Å². The van der Waals surface area contributed by atoms with Crippen LogP contribution in [-0.2, 0) is 0 Å². The lowest BCUT2D eigenvalue weighted by molar-refractivity contribution is 0.241. The van der Waals surface area contributed by atoms with Crippen molar-refractivity contribution in [1.29, 1.82) is 0 Å². The number of anilines is 1. The first-order valence-corrected chi connectivity index (χ1v) is 4.93. The van der Waals surface area contributed by atoms with Gasteiger partial charge in [0.2, 0.25) is 0 Å². The minimum atomic E-state index is 0.206. The van der Waals surface area contributed by atoms with Crippen molar-refractivity contribution in [1.82, 2.24) is 0 Å². The van der Waals surface area contributed by atoms with Crippen LogP contribution in [0.15, 0.2) is 18.2 Å². The summed E-state index contributed by atoms with van der Waals surface area (Å²) in [5, 5.41) is 3.27. The molecule has 0 saturated heterocycles. The number of nitrogens with one attached hydrogen (secondary N) is 1. The van der Waals surface area contributed by atoms with Gasteiger partial charge in [0, 0.05) is 12.6 Å². The van der Waals surface area contributed by atoms with Crippen LogP contribution >= 0.6 is 0 Å². The fourth-order valence-electron chi connectivity index (χ4n) is 1.47. The molecule has 1 aliphatic heterocycles. The summed E-state index contributed by atoms with van der Waals surface area (Å²) in [6.07, 6.45) is 0.206. The summed E-state index contributed by atoms with van der Waals surface area (Å²) in [7, 11) is 0. The Morgan fingerprint density at radius 1 is 1.43 bits per heavy atom. The third-order valence-corrected chi connectivity index (χ3v) is 2.00. The Hall–Kier alpha value is -1.38. The van der Waals surface area contributed by atoms with Crippen molar-refractivity contribution in [2.45, 2.75) is 20.0 Å². The van der Waals surface area contributed by atoms with Gasteiger partial charge < -0.3 is 14.8 Å². The molecule has 0 saturated carbocycles. The predicted octanol–water partition coefficient (Wildman–Crippen LogP) is 2.28. The van der Waals surface area contributed by atoms with E-state index in [1.165, 1.54) is 0 Å². The van der Waals surface area contributed by atoms with Crippen molar-refractivity contribution in [2.24, 2.45) is 0 Å². The fraction of sp³-hybridized carbons (Fsp3) is 0.455. The van der Waals surface area contributed by atoms with Gasteiger partial charge in [0.25, 0.3) is 0 Å². The Morgan fingerprint density at radius 3 is 3.07 bits per heavy atom. The Kier molecular flexibility index (Phi) is 2.48. The molecule has 1 aromatic rings. The van der Waals surface area contributed by atoms with Gasteiger partial charge in [-0.3, -0.25) is 0 Å². The van der Waals surface area contributed by atoms with Gasteiger partial charge in [-0.05, 0) is 26.0 Å². The Morgan fingerprint density at radius 2 is 2.29 bits per heavy atom. The molecule has 0 aromatic heterocycles. The van der Waals surface area contributed by atoms with E-state index in [2.05, 4.69) is 5.32 Å². The van der Waals surface area contributed by atoms with Crippen LogP contribution in [0.25, 0.3) is 0 Å². The van der Waals surface area contributed by atoms with Crippen molar-refractivity contribution < 1.29 is 9.47 Å². The molecule has 1 N–H and O–H groups in total. The maximum atomic E-state index is 5.58. The fourth-order valence-corrected chi connectivity index (χ4v) is 1.47. The minimum Gasteiger partial charge on any atom is -0.491 e. The molecule has 14 heavy (non-hydrogen) atoms. The Bertz CT molecular complexity index is 323. The molecular weight excluding hydrogens is 178 g/mol. The topological polar surface area (TPSA) is 30.5 Å². The third kappa shape index (κ3) is 1.92. The van der Waals surface area contributed by atoms with Gasteiger partial charge in [-0.25, -0.2) is 0 Å². The van der Waals surface area contributed by atoms with Gasteiger partial charge in [-0.15, -0.1) is 0 Å². The highest BCUT2D eigenvalue weighted by atomic mass is 16.5. The van der Waals surface area contributed by atoms with E-state index in [1.54, 1.807) is 0 Å². The summed E-state index contributed by atoms with van der Waals surface area (Å²) in [5.74, 6) is 1.80. The lowest BCUT2D eigenvalue weighted by Crippen LogP contribution is -2.18. The second kappa shape index (κ2) is 3.78. The minimum absolute atomic E-state index is 0.206. The first-order chi connectivity index (χ1) is 6.75. The van der Waals surface area contributed by atoms with Crippen LogP contribution in [0.3, 0.4) is 0 Å². The lowest BCUT2D eigenvalue weighted by atomic mass is 10.2. The SMILES string of the molecule is CC(C)Oc1ccc2c(c1)NCCO2. The first-order valence-electron chi connectivity index (χ1n) is 4.93. The molecule has 2 rings (SSSR count). The highest BCUT2D eigenvalue weighted by Gasteiger charge is 2.10. The summed E-state index contributed by atoms with van der Waals surface area (Å²) < 4.78 is 11.1. The van der Waals surface area contributed by atoms with Crippen LogP contribution in [0.4, 0.5) is 5.69 Å². The van der Waals surface area contributed by atoms with E-state index in [0.717, 1.165) is 30.3 Å². The monoisotopic (exact) mass is 193 g/mol. The zero-order chi connectivity index (χ0) is 9.97. The lowest BCUT2D eigenvalue weighted by Gasteiger charge is -2.20. The van der Waals surface area contributed by atoms with Gasteiger partial charge in [0.15, 0.2) is 0 Å². The van der Waals surface area contributed by atoms with E-state index in [0.29, 0.717) is 0 Å². The largest absolute Gasteiger partial charge is 0.491 e. The standard InChI is InChI=1S/C11H15NO2/c1-8(2)14-9-3-4-11-10(7-9)12-5-6-13-11/h3-4,7-8,12H,5-6H2,1-2H3. The van der Waals surface area contributed by atoms with Crippen LogP contribution in [0.5, 0.6) is 11.5 Å². The Balaban J connectivity index is 2.20. The second-order valence-corrected chi connectivity index (χ2v) is 3.60. The van der Waals surface area contributed by atoms with E-state index in [9.17, 15) is 0 Å². The first kappa shape index (κ1) is 9.19. The third-order valence-electron chi connectivity index (χ3n) is 2.00. The molecular formula is C11H15NO2. The van der Waals surface area contributed by atoms with Gasteiger partial charge in [0.1, 0.15) is 18.1 Å². The molecule has 0 unspecified atom stereocenters. The molecule has 3 heteroatoms. The summed E-state index contributed by atoms with van der Waals surface area (Å²) in [5.41, 5.74) is 1.02. The molecule has 76 valence electrons. The van der Waals surface area contributed by atoms with E-state index < -0.39 is 0 Å². The molecule has 3 nitrogen and oxygen atoms in total. The van der Waals surface area contributed by atoms with Crippen LogP contribution in [-0.4, -0.2) is 19.3 Å². The highest BCUT2D eigenvalue weighted by Crippen LogP contribution is 2.31. The molecule has 0 aliphatic carbocycles. The molecule has 0 amide bonds. The molecule has 0 fully saturated rings. The van der Waals surface area contributed by atoms with Crippen molar-refractivity contribution >= 4 is 5.69 Å². The molecule has 0 atom stereocenters. The van der Waals surface area contributed by atoms with E-state index in [-0.39, 0.29) is 6.10 Å². The van der Waals surface area contributed by atoms with Crippen molar-refractivity contribution in [3.05, 3.63) is 18.2 Å². The quantitative estimate of drug-likeness (QED) is 0.781. The van der Waals surface area contributed by atoms with Crippen molar-refractivity contribution in [3.63, 3.8) is 0 Å². The molecule has 1 aliphatic rings. The van der Waals surface area contributed by atoms with Crippen LogP contribution in [0.2, 0.25) is 0 Å². The number of hydrogen-bond donors (Lipinski definition) is 1. The number of benzene rings is 1. The van der Waals surface area contributed by atoms with Crippen LogP contribution in [0, 0.1) is 0 Å². The normalized spacial score (nSPS) is 14.2. The zero-order valence-corrected chi connectivity index (χ0v) is 8.54. The predicted molar refractivity (Wildman–Crippen MR) is 56.2 cm³/mol. The summed E-state index contributed by atoms with van der Waals surface area (Å²) in [6.45, 7) is 5.63. The molecule has 0 radical (unpaired) electrons. The summed E-state index contributed by atoms with van der Waals surface area (Å²) >= 11 is 0. The average Bonchev–Trinajstić information content (AvgIpc) is 2.17. The maximum absolute atomic E-state index is 5.58. The summed E-state index contributed by atoms with van der Waals surface area (Å²) in [6, 6.07) is 5.86. The second-order valence-electron chi connectivity index (χ2n) is 3.60. The van der Waals surface area contributed by atoms with Gasteiger partial charge in [-0.1, -0.05) is 0 Å². The van der Waals surface area contributed by atoms with E-state index >= 15 is 0 Å². The van der Waals surface area contributed by atoms with Crippen LogP contribution in [0.1, 0.15) is 13.8 Å². The van der Waals surface area contributed by atoms with Gasteiger partial charge in [0.05, 0.1) is 11.8 Å². The Labute approximate surface area is 84.0 Å². The van der Waals surface area contributed by atoms with Gasteiger partial charge in [-0.2, -0.15) is 0 Å².